The molecule has 2 heterocycles. The Balaban J connectivity index is 1.67. The van der Waals surface area contributed by atoms with Crippen LogP contribution in [0.5, 0.6) is 23.0 Å². The monoisotopic (exact) mass is 620 g/mol. The molecule has 4 aromatic rings. The third-order valence-electron chi connectivity index (χ3n) is 7.03. The van der Waals surface area contributed by atoms with Crippen molar-refractivity contribution in [1.29, 1.82) is 0 Å². The van der Waals surface area contributed by atoms with Crippen molar-refractivity contribution in [2.45, 2.75) is 25.2 Å². The predicted octanol–water partition coefficient (Wildman–Crippen LogP) is 7.89. The molecule has 2 unspecified atom stereocenters. The Labute approximate surface area is 251 Å². The van der Waals surface area contributed by atoms with Gasteiger partial charge in [0.25, 0.3) is 0 Å². The summed E-state index contributed by atoms with van der Waals surface area (Å²) in [7, 11) is 6.35. The van der Waals surface area contributed by atoms with Crippen molar-refractivity contribution in [3.05, 3.63) is 67.9 Å². The normalized spacial score (nSPS) is 14.4. The van der Waals surface area contributed by atoms with Crippen molar-refractivity contribution in [3.8, 4) is 45.5 Å². The lowest BCUT2D eigenvalue weighted by Crippen LogP contribution is -2.08. The van der Waals surface area contributed by atoms with E-state index in [9.17, 15) is 0 Å². The van der Waals surface area contributed by atoms with E-state index in [4.69, 9.17) is 65.4 Å². The summed E-state index contributed by atoms with van der Waals surface area (Å²) in [4.78, 5) is 17.2. The van der Waals surface area contributed by atoms with Gasteiger partial charge in [-0.3, -0.25) is 0 Å². The van der Waals surface area contributed by atoms with Crippen molar-refractivity contribution >= 4 is 46.4 Å². The largest absolute Gasteiger partial charge is 0.493 e. The fourth-order valence-electron chi connectivity index (χ4n) is 5.25. The predicted molar refractivity (Wildman–Crippen MR) is 156 cm³/mol. The summed E-state index contributed by atoms with van der Waals surface area (Å²) in [6.45, 7) is 2.11. The third kappa shape index (κ3) is 5.09. The molecule has 0 radical (unpaired) electrons. The van der Waals surface area contributed by atoms with E-state index in [1.54, 1.807) is 34.5 Å². The molecule has 0 fully saturated rings. The highest BCUT2D eigenvalue weighted by molar-refractivity contribution is 6.33. The molecule has 1 aliphatic rings. The molecule has 40 heavy (non-hydrogen) atoms. The summed E-state index contributed by atoms with van der Waals surface area (Å²) >= 11 is 25.4. The Kier molecular flexibility index (Phi) is 8.15. The molecule has 0 bridgehead atoms. The fraction of sp³-hybridized carbons (Fsp3) is 0.286. The molecule has 2 atom stereocenters. The third-order valence-corrected chi connectivity index (χ3v) is 7.85. The Bertz CT molecular complexity index is 1600. The maximum atomic E-state index is 6.70. The molecule has 2 aromatic heterocycles. The average Bonchev–Trinajstić information content (AvgIpc) is 3.22. The maximum absolute atomic E-state index is 6.70. The van der Waals surface area contributed by atoms with E-state index in [-0.39, 0.29) is 27.6 Å². The molecular weight excluding hydrogens is 598 g/mol. The second-order valence-electron chi connectivity index (χ2n) is 9.17. The van der Waals surface area contributed by atoms with Crippen LogP contribution in [0, 0.1) is 0 Å². The first-order chi connectivity index (χ1) is 19.2. The highest BCUT2D eigenvalue weighted by Crippen LogP contribution is 2.53. The number of hydrogen-bond donors (Lipinski definition) is 0. The van der Waals surface area contributed by atoms with Gasteiger partial charge in [0.2, 0.25) is 10.6 Å². The van der Waals surface area contributed by atoms with Gasteiger partial charge < -0.3 is 18.9 Å². The number of aromatic nitrogens is 4. The number of fused-ring (bicyclic) bond motifs is 3. The van der Waals surface area contributed by atoms with Crippen LogP contribution in [0.1, 0.15) is 41.9 Å². The standard InChI is InChI=1S/C28H24Cl4N4O4/c1-12(13-7-19(37-2)21(39-4)9-15(13)18-11-23(29)34-27(31)33-18)6-16-14-8-20(38-3)22(40-5)10-17(14)25-24(16)26(30)36-28(32)35-25/h7-12,16H,6H2,1-5H3. The summed E-state index contributed by atoms with van der Waals surface area (Å²) in [6.07, 6.45) is 0.620. The highest BCUT2D eigenvalue weighted by Gasteiger charge is 2.36. The lowest BCUT2D eigenvalue weighted by molar-refractivity contribution is 0.354. The Hall–Kier alpha value is -3.04. The molecule has 0 aliphatic heterocycles. The zero-order valence-electron chi connectivity index (χ0n) is 22.2. The summed E-state index contributed by atoms with van der Waals surface area (Å²) in [5, 5.41) is 0.626. The zero-order valence-corrected chi connectivity index (χ0v) is 25.2. The van der Waals surface area contributed by atoms with E-state index >= 15 is 0 Å². The summed E-state index contributed by atoms with van der Waals surface area (Å²) in [5.74, 6) is 2.05. The average molecular weight is 622 g/mol. The highest BCUT2D eigenvalue weighted by atomic mass is 35.5. The molecule has 2 aromatic carbocycles. The van der Waals surface area contributed by atoms with Gasteiger partial charge in [-0.2, -0.15) is 0 Å². The number of hydrogen-bond acceptors (Lipinski definition) is 8. The van der Waals surface area contributed by atoms with Gasteiger partial charge in [-0.25, -0.2) is 19.9 Å². The number of nitrogens with zero attached hydrogens (tertiary/aromatic N) is 4. The van der Waals surface area contributed by atoms with Gasteiger partial charge in [0.15, 0.2) is 23.0 Å². The molecule has 5 rings (SSSR count). The zero-order chi connectivity index (χ0) is 28.7. The van der Waals surface area contributed by atoms with Gasteiger partial charge in [-0.1, -0.05) is 30.1 Å². The van der Waals surface area contributed by atoms with Crippen molar-refractivity contribution in [3.63, 3.8) is 0 Å². The number of rotatable bonds is 8. The van der Waals surface area contributed by atoms with Gasteiger partial charge >= 0.3 is 0 Å². The van der Waals surface area contributed by atoms with Crippen LogP contribution in [0.3, 0.4) is 0 Å². The topological polar surface area (TPSA) is 88.5 Å². The lowest BCUT2D eigenvalue weighted by Gasteiger charge is -2.23. The molecule has 8 nitrogen and oxygen atoms in total. The van der Waals surface area contributed by atoms with Crippen LogP contribution in [0.2, 0.25) is 20.9 Å². The van der Waals surface area contributed by atoms with E-state index in [2.05, 4.69) is 26.9 Å². The van der Waals surface area contributed by atoms with E-state index in [1.807, 2.05) is 24.3 Å². The molecule has 0 N–H and O–H groups in total. The van der Waals surface area contributed by atoms with Crippen LogP contribution in [0.4, 0.5) is 0 Å². The quantitative estimate of drug-likeness (QED) is 0.145. The molecule has 0 saturated carbocycles. The van der Waals surface area contributed by atoms with E-state index in [0.29, 0.717) is 46.0 Å². The number of benzene rings is 2. The van der Waals surface area contributed by atoms with E-state index < -0.39 is 0 Å². The molecule has 12 heteroatoms. The molecule has 1 aliphatic carbocycles. The van der Waals surface area contributed by atoms with Crippen LogP contribution in [0.15, 0.2) is 30.3 Å². The van der Waals surface area contributed by atoms with Gasteiger partial charge in [-0.15, -0.1) is 0 Å². The van der Waals surface area contributed by atoms with Crippen LogP contribution >= 0.6 is 46.4 Å². The Morgan fingerprint density at radius 1 is 0.700 bits per heavy atom. The Morgan fingerprint density at radius 3 is 1.90 bits per heavy atom. The first-order valence-electron chi connectivity index (χ1n) is 12.1. The number of methoxy groups -OCH3 is 4. The number of halogens is 4. The van der Waals surface area contributed by atoms with Crippen LogP contribution in [0.25, 0.3) is 22.5 Å². The SMILES string of the molecule is COc1cc(-c2cc(Cl)nc(Cl)n2)c(C(C)CC2c3cc(OC)c(OC)cc3-c3nc(Cl)nc(Cl)c32)cc1OC. The second kappa shape index (κ2) is 11.4. The van der Waals surface area contributed by atoms with Crippen LogP contribution in [-0.4, -0.2) is 48.4 Å². The lowest BCUT2D eigenvalue weighted by atomic mass is 9.83. The van der Waals surface area contributed by atoms with Crippen molar-refractivity contribution in [2.75, 3.05) is 28.4 Å². The van der Waals surface area contributed by atoms with Crippen molar-refractivity contribution < 1.29 is 18.9 Å². The maximum Gasteiger partial charge on any atom is 0.224 e. The van der Waals surface area contributed by atoms with E-state index in [1.165, 1.54) is 0 Å². The Morgan fingerprint density at radius 2 is 1.27 bits per heavy atom. The van der Waals surface area contributed by atoms with Gasteiger partial charge in [0.1, 0.15) is 10.3 Å². The molecule has 0 spiro atoms. The van der Waals surface area contributed by atoms with Gasteiger partial charge in [0.05, 0.1) is 39.8 Å². The van der Waals surface area contributed by atoms with Gasteiger partial charge in [-0.05, 0) is 70.9 Å². The van der Waals surface area contributed by atoms with Crippen LogP contribution in [-0.2, 0) is 0 Å². The van der Waals surface area contributed by atoms with E-state index in [0.717, 1.165) is 27.8 Å². The molecule has 208 valence electrons. The van der Waals surface area contributed by atoms with Crippen LogP contribution < -0.4 is 18.9 Å². The summed E-state index contributed by atoms with van der Waals surface area (Å²) < 4.78 is 22.4. The summed E-state index contributed by atoms with van der Waals surface area (Å²) in [5.41, 5.74) is 5.56. The first-order valence-corrected chi connectivity index (χ1v) is 13.7. The van der Waals surface area contributed by atoms with Crippen molar-refractivity contribution in [2.24, 2.45) is 0 Å². The van der Waals surface area contributed by atoms with Crippen molar-refractivity contribution in [1.82, 2.24) is 19.9 Å². The molecule has 0 saturated heterocycles. The smallest absolute Gasteiger partial charge is 0.224 e. The first kappa shape index (κ1) is 28.5. The minimum absolute atomic E-state index is 0.0383. The molecular formula is C28H24Cl4N4O4. The summed E-state index contributed by atoms with van der Waals surface area (Å²) in [6, 6.07) is 9.31. The molecule has 0 amide bonds. The second-order valence-corrected chi connectivity index (χ2v) is 10.6. The number of ether oxygens (including phenoxy) is 4. The minimum Gasteiger partial charge on any atom is -0.493 e. The van der Waals surface area contributed by atoms with Gasteiger partial charge in [0, 0.05) is 28.7 Å². The minimum atomic E-state index is -0.178. The fourth-order valence-corrected chi connectivity index (χ4v) is 6.17.